The largest absolute Gasteiger partial charge is 0.418 e. The van der Waals surface area contributed by atoms with E-state index in [1.54, 1.807) is 4.90 Å². The number of aromatic nitrogens is 1. The smallest absolute Gasteiger partial charge is 0.347 e. The highest BCUT2D eigenvalue weighted by molar-refractivity contribution is 5.93. The molecule has 174 valence electrons. The van der Waals surface area contributed by atoms with Crippen molar-refractivity contribution in [3.8, 4) is 0 Å². The molecule has 0 atom stereocenters. The normalized spacial score (nSPS) is 15.1. The van der Waals surface area contributed by atoms with Gasteiger partial charge in [0.05, 0.1) is 17.8 Å². The Bertz CT molecular complexity index is 1130. The van der Waals surface area contributed by atoms with Crippen LogP contribution in [0, 0.1) is 0 Å². The fraction of sp³-hybridized carbons (Fsp3) is 0.333. The van der Waals surface area contributed by atoms with Crippen molar-refractivity contribution in [2.24, 2.45) is 0 Å². The van der Waals surface area contributed by atoms with E-state index >= 15 is 0 Å². The van der Waals surface area contributed by atoms with Crippen molar-refractivity contribution >= 4 is 28.4 Å². The fourth-order valence-corrected chi connectivity index (χ4v) is 4.10. The van der Waals surface area contributed by atoms with Crippen LogP contribution in [0.15, 0.2) is 60.8 Å². The average molecular weight is 458 g/mol. The molecule has 4 rings (SSSR count). The summed E-state index contributed by atoms with van der Waals surface area (Å²) in [4.78, 5) is 28.6. The van der Waals surface area contributed by atoms with Gasteiger partial charge in [-0.05, 0) is 29.7 Å². The molecule has 0 saturated carbocycles. The third-order valence-electron chi connectivity index (χ3n) is 5.85. The minimum absolute atomic E-state index is 0.0242. The minimum Gasteiger partial charge on any atom is -0.347 e. The molecule has 0 bridgehead atoms. The van der Waals surface area contributed by atoms with Crippen LogP contribution < -0.4 is 5.32 Å². The van der Waals surface area contributed by atoms with Gasteiger partial charge in [-0.3, -0.25) is 14.5 Å². The van der Waals surface area contributed by atoms with E-state index in [-0.39, 0.29) is 18.1 Å². The van der Waals surface area contributed by atoms with E-state index in [1.807, 2.05) is 41.4 Å². The van der Waals surface area contributed by atoms with Crippen LogP contribution in [-0.4, -0.2) is 58.9 Å². The van der Waals surface area contributed by atoms with Crippen molar-refractivity contribution in [1.82, 2.24) is 14.4 Å². The van der Waals surface area contributed by atoms with Crippen molar-refractivity contribution in [2.75, 3.05) is 38.0 Å². The quantitative estimate of drug-likeness (QED) is 0.611. The molecule has 9 heteroatoms. The van der Waals surface area contributed by atoms with Crippen LogP contribution in [0.1, 0.15) is 12.0 Å². The third-order valence-corrected chi connectivity index (χ3v) is 5.85. The molecule has 0 radical (unpaired) electrons. The fourth-order valence-electron chi connectivity index (χ4n) is 4.10. The Balaban J connectivity index is 1.24. The van der Waals surface area contributed by atoms with E-state index in [4.69, 9.17) is 0 Å². The van der Waals surface area contributed by atoms with Crippen molar-refractivity contribution in [3.63, 3.8) is 0 Å². The average Bonchev–Trinajstić information content (AvgIpc) is 3.21. The van der Waals surface area contributed by atoms with Crippen molar-refractivity contribution < 1.29 is 22.8 Å². The molecule has 1 fully saturated rings. The van der Waals surface area contributed by atoms with Crippen LogP contribution in [0.25, 0.3) is 10.9 Å². The number of carbonyl (C=O) groups excluding carboxylic acids is 2. The molecule has 1 saturated heterocycles. The van der Waals surface area contributed by atoms with Crippen molar-refractivity contribution in [3.05, 3.63) is 66.4 Å². The third kappa shape index (κ3) is 5.54. The predicted molar refractivity (Wildman–Crippen MR) is 120 cm³/mol. The van der Waals surface area contributed by atoms with Crippen LogP contribution in [0.4, 0.5) is 18.9 Å². The number of halogens is 3. The Morgan fingerprint density at radius 1 is 0.909 bits per heavy atom. The summed E-state index contributed by atoms with van der Waals surface area (Å²) in [6, 6.07) is 14.9. The molecule has 1 aliphatic rings. The number of benzene rings is 2. The highest BCUT2D eigenvalue weighted by Gasteiger charge is 2.33. The standard InChI is InChI=1S/C24H25F3N4O2/c25-24(26,27)19-6-2-3-7-20(19)28-22(32)17-29-13-15-31(16-14-29)23(33)10-12-30-11-9-18-5-1-4-8-21(18)30/h1-9,11H,10,12-17H2,(H,28,32). The Morgan fingerprint density at radius 3 is 2.36 bits per heavy atom. The topological polar surface area (TPSA) is 57.6 Å². The lowest BCUT2D eigenvalue weighted by Gasteiger charge is -2.34. The molecule has 1 aliphatic heterocycles. The molecular weight excluding hydrogens is 433 g/mol. The number of amides is 2. The summed E-state index contributed by atoms with van der Waals surface area (Å²) in [6.45, 7) is 2.52. The number of anilines is 1. The van der Waals surface area contributed by atoms with Crippen molar-refractivity contribution in [2.45, 2.75) is 19.1 Å². The number of piperazine rings is 1. The second kappa shape index (κ2) is 9.66. The lowest BCUT2D eigenvalue weighted by Crippen LogP contribution is -2.50. The number of para-hydroxylation sites is 2. The van der Waals surface area contributed by atoms with E-state index in [0.29, 0.717) is 39.1 Å². The van der Waals surface area contributed by atoms with Crippen LogP contribution in [0.3, 0.4) is 0 Å². The van der Waals surface area contributed by atoms with Gasteiger partial charge in [-0.15, -0.1) is 0 Å². The number of hydrogen-bond acceptors (Lipinski definition) is 3. The van der Waals surface area contributed by atoms with Gasteiger partial charge in [0.2, 0.25) is 11.8 Å². The van der Waals surface area contributed by atoms with Gasteiger partial charge in [0, 0.05) is 50.9 Å². The summed E-state index contributed by atoms with van der Waals surface area (Å²) in [6.07, 6.45) is -2.18. The van der Waals surface area contributed by atoms with Gasteiger partial charge in [0.15, 0.2) is 0 Å². The zero-order chi connectivity index (χ0) is 23.4. The van der Waals surface area contributed by atoms with Gasteiger partial charge >= 0.3 is 6.18 Å². The zero-order valence-electron chi connectivity index (χ0n) is 18.0. The van der Waals surface area contributed by atoms with E-state index in [1.165, 1.54) is 18.2 Å². The molecule has 1 aromatic heterocycles. The number of rotatable bonds is 6. The Hall–Kier alpha value is -3.33. The number of nitrogens with one attached hydrogen (secondary N) is 1. The zero-order valence-corrected chi connectivity index (χ0v) is 18.0. The first-order valence-electron chi connectivity index (χ1n) is 10.8. The molecule has 0 aliphatic carbocycles. The van der Waals surface area contributed by atoms with Gasteiger partial charge in [-0.2, -0.15) is 13.2 Å². The van der Waals surface area contributed by atoms with E-state index in [9.17, 15) is 22.8 Å². The molecule has 2 aromatic carbocycles. The number of aryl methyl sites for hydroxylation is 1. The molecular formula is C24H25F3N4O2. The minimum atomic E-state index is -4.54. The summed E-state index contributed by atoms with van der Waals surface area (Å²) in [5, 5.41) is 3.50. The molecule has 6 nitrogen and oxygen atoms in total. The van der Waals surface area contributed by atoms with E-state index in [2.05, 4.69) is 9.88 Å². The number of alkyl halides is 3. The first-order valence-corrected chi connectivity index (χ1v) is 10.8. The summed E-state index contributed by atoms with van der Waals surface area (Å²) >= 11 is 0. The maximum atomic E-state index is 13.1. The van der Waals surface area contributed by atoms with Crippen LogP contribution >= 0.6 is 0 Å². The second-order valence-corrected chi connectivity index (χ2v) is 8.07. The predicted octanol–water partition coefficient (Wildman–Crippen LogP) is 3.83. The molecule has 33 heavy (non-hydrogen) atoms. The van der Waals surface area contributed by atoms with Crippen LogP contribution in [0.2, 0.25) is 0 Å². The number of nitrogens with zero attached hydrogens (tertiary/aromatic N) is 3. The first-order chi connectivity index (χ1) is 15.8. The number of carbonyl (C=O) groups is 2. The van der Waals surface area contributed by atoms with E-state index in [0.717, 1.165) is 17.0 Å². The van der Waals surface area contributed by atoms with Gasteiger partial charge in [-0.1, -0.05) is 30.3 Å². The molecule has 3 aromatic rings. The molecule has 0 spiro atoms. The summed E-state index contributed by atoms with van der Waals surface area (Å²) in [7, 11) is 0. The van der Waals surface area contributed by atoms with E-state index < -0.39 is 17.6 Å². The molecule has 2 amide bonds. The maximum Gasteiger partial charge on any atom is 0.418 e. The highest BCUT2D eigenvalue weighted by Crippen LogP contribution is 2.34. The summed E-state index contributed by atoms with van der Waals surface area (Å²) in [5.41, 5.74) is -0.0289. The highest BCUT2D eigenvalue weighted by atomic mass is 19.4. The van der Waals surface area contributed by atoms with Gasteiger partial charge < -0.3 is 14.8 Å². The summed E-state index contributed by atoms with van der Waals surface area (Å²) in [5.74, 6) is -0.457. The lowest BCUT2D eigenvalue weighted by molar-refractivity contribution is -0.137. The van der Waals surface area contributed by atoms with Crippen LogP contribution in [0.5, 0.6) is 0 Å². The van der Waals surface area contributed by atoms with Gasteiger partial charge in [-0.25, -0.2) is 0 Å². The van der Waals surface area contributed by atoms with Gasteiger partial charge in [0.25, 0.3) is 0 Å². The maximum absolute atomic E-state index is 13.1. The molecule has 2 heterocycles. The monoisotopic (exact) mass is 458 g/mol. The van der Waals surface area contributed by atoms with Gasteiger partial charge in [0.1, 0.15) is 0 Å². The molecule has 1 N–H and O–H groups in total. The summed E-state index contributed by atoms with van der Waals surface area (Å²) < 4.78 is 41.4. The Kier molecular flexibility index (Phi) is 6.69. The SMILES string of the molecule is O=C(CN1CCN(C(=O)CCn2ccc3ccccc32)CC1)Nc1ccccc1C(F)(F)F. The second-order valence-electron chi connectivity index (χ2n) is 8.07. The van der Waals surface area contributed by atoms with Crippen molar-refractivity contribution in [1.29, 1.82) is 0 Å². The first kappa shape index (κ1) is 22.8. The Labute approximate surface area is 189 Å². The van der Waals surface area contributed by atoms with Crippen LogP contribution in [-0.2, 0) is 22.3 Å². The lowest BCUT2D eigenvalue weighted by atomic mass is 10.1. The Morgan fingerprint density at radius 2 is 1.61 bits per heavy atom. The number of hydrogen-bond donors (Lipinski definition) is 1. The number of fused-ring (bicyclic) bond motifs is 1. The molecule has 0 unspecified atom stereocenters.